The summed E-state index contributed by atoms with van der Waals surface area (Å²) in [7, 11) is 0. The highest BCUT2D eigenvalue weighted by Crippen LogP contribution is 2.32. The van der Waals surface area contributed by atoms with E-state index in [9.17, 15) is 0 Å². The van der Waals surface area contributed by atoms with E-state index in [1.165, 1.54) is 45.3 Å². The standard InChI is InChI=1S/C13H28N2/c1-4-9-15(10-5-2)11-13(14-6-3)12-7-8-12/h12-14H,4-11H2,1-3H3. The molecule has 1 saturated carbocycles. The van der Waals surface area contributed by atoms with E-state index in [0.717, 1.165) is 18.5 Å². The van der Waals surface area contributed by atoms with E-state index in [2.05, 4.69) is 31.0 Å². The minimum atomic E-state index is 0.757. The third kappa shape index (κ3) is 4.98. The molecule has 0 spiro atoms. The van der Waals surface area contributed by atoms with Gasteiger partial charge in [0.05, 0.1) is 0 Å². The second-order valence-corrected chi connectivity index (χ2v) is 4.80. The van der Waals surface area contributed by atoms with Crippen LogP contribution in [0.5, 0.6) is 0 Å². The van der Waals surface area contributed by atoms with Gasteiger partial charge in [0.15, 0.2) is 0 Å². The topological polar surface area (TPSA) is 15.3 Å². The lowest BCUT2D eigenvalue weighted by atomic mass is 10.1. The molecule has 0 bridgehead atoms. The van der Waals surface area contributed by atoms with Gasteiger partial charge >= 0.3 is 0 Å². The molecule has 0 aliphatic heterocycles. The van der Waals surface area contributed by atoms with Crippen molar-refractivity contribution in [1.82, 2.24) is 10.2 Å². The van der Waals surface area contributed by atoms with E-state index in [1.807, 2.05) is 0 Å². The number of likely N-dealkylation sites (N-methyl/N-ethyl adjacent to an activating group) is 1. The summed E-state index contributed by atoms with van der Waals surface area (Å²) >= 11 is 0. The van der Waals surface area contributed by atoms with Crippen LogP contribution in [0.2, 0.25) is 0 Å². The van der Waals surface area contributed by atoms with Crippen LogP contribution in [0.4, 0.5) is 0 Å². The normalized spacial score (nSPS) is 18.4. The summed E-state index contributed by atoms with van der Waals surface area (Å²) in [5.74, 6) is 0.973. The Balaban J connectivity index is 2.30. The van der Waals surface area contributed by atoms with Crippen molar-refractivity contribution < 1.29 is 0 Å². The first-order valence-electron chi connectivity index (χ1n) is 6.77. The van der Waals surface area contributed by atoms with E-state index >= 15 is 0 Å². The summed E-state index contributed by atoms with van der Waals surface area (Å²) in [6, 6.07) is 0.757. The second kappa shape index (κ2) is 7.24. The summed E-state index contributed by atoms with van der Waals surface area (Å²) in [6.45, 7) is 11.7. The smallest absolute Gasteiger partial charge is 0.0223 e. The molecule has 2 heteroatoms. The molecule has 1 aliphatic rings. The van der Waals surface area contributed by atoms with E-state index < -0.39 is 0 Å². The zero-order valence-electron chi connectivity index (χ0n) is 10.8. The first-order valence-corrected chi connectivity index (χ1v) is 6.77. The number of nitrogens with zero attached hydrogens (tertiary/aromatic N) is 1. The van der Waals surface area contributed by atoms with E-state index in [4.69, 9.17) is 0 Å². The Bertz CT molecular complexity index is 149. The third-order valence-corrected chi connectivity index (χ3v) is 3.19. The number of rotatable bonds is 9. The molecule has 1 fully saturated rings. The molecule has 0 amide bonds. The van der Waals surface area contributed by atoms with Crippen LogP contribution in [-0.2, 0) is 0 Å². The van der Waals surface area contributed by atoms with Gasteiger partial charge in [-0.1, -0.05) is 20.8 Å². The van der Waals surface area contributed by atoms with Crippen LogP contribution in [0.25, 0.3) is 0 Å². The molecule has 1 atom stereocenters. The minimum absolute atomic E-state index is 0.757. The quantitative estimate of drug-likeness (QED) is 0.632. The third-order valence-electron chi connectivity index (χ3n) is 3.19. The van der Waals surface area contributed by atoms with Gasteiger partial charge in [-0.05, 0) is 51.2 Å². The van der Waals surface area contributed by atoms with E-state index in [1.54, 1.807) is 0 Å². The highest BCUT2D eigenvalue weighted by molar-refractivity contribution is 4.88. The van der Waals surface area contributed by atoms with Gasteiger partial charge in [0.1, 0.15) is 0 Å². The molecule has 0 saturated heterocycles. The van der Waals surface area contributed by atoms with Gasteiger partial charge in [0.25, 0.3) is 0 Å². The van der Waals surface area contributed by atoms with Crippen molar-refractivity contribution in [3.05, 3.63) is 0 Å². The van der Waals surface area contributed by atoms with Crippen LogP contribution < -0.4 is 5.32 Å². The minimum Gasteiger partial charge on any atom is -0.313 e. The second-order valence-electron chi connectivity index (χ2n) is 4.80. The van der Waals surface area contributed by atoms with Gasteiger partial charge in [-0.3, -0.25) is 0 Å². The fourth-order valence-corrected chi connectivity index (χ4v) is 2.35. The van der Waals surface area contributed by atoms with E-state index in [-0.39, 0.29) is 0 Å². The molecule has 1 unspecified atom stereocenters. The van der Waals surface area contributed by atoms with Crippen molar-refractivity contribution >= 4 is 0 Å². The maximum Gasteiger partial charge on any atom is 0.0223 e. The Kier molecular flexibility index (Phi) is 6.26. The van der Waals surface area contributed by atoms with Gasteiger partial charge in [0.2, 0.25) is 0 Å². The molecular formula is C13H28N2. The summed E-state index contributed by atoms with van der Waals surface area (Å²) in [5, 5.41) is 3.65. The fourth-order valence-electron chi connectivity index (χ4n) is 2.35. The van der Waals surface area contributed by atoms with Gasteiger partial charge in [-0.15, -0.1) is 0 Å². The van der Waals surface area contributed by atoms with Crippen LogP contribution in [0.1, 0.15) is 46.5 Å². The SMILES string of the molecule is CCCN(CCC)CC(NCC)C1CC1. The van der Waals surface area contributed by atoms with E-state index in [0.29, 0.717) is 0 Å². The first-order chi connectivity index (χ1) is 7.31. The summed E-state index contributed by atoms with van der Waals surface area (Å²) in [4.78, 5) is 2.63. The number of nitrogens with one attached hydrogen (secondary N) is 1. The maximum absolute atomic E-state index is 3.65. The zero-order valence-corrected chi connectivity index (χ0v) is 10.8. The van der Waals surface area contributed by atoms with Crippen molar-refractivity contribution in [2.75, 3.05) is 26.2 Å². The van der Waals surface area contributed by atoms with Crippen molar-refractivity contribution in [1.29, 1.82) is 0 Å². The largest absolute Gasteiger partial charge is 0.313 e. The molecule has 2 nitrogen and oxygen atoms in total. The molecule has 1 aliphatic carbocycles. The monoisotopic (exact) mass is 212 g/mol. The Morgan fingerprint density at radius 3 is 2.13 bits per heavy atom. The molecule has 0 aromatic heterocycles. The molecule has 0 aromatic carbocycles. The first kappa shape index (κ1) is 13.0. The Morgan fingerprint density at radius 2 is 1.73 bits per heavy atom. The van der Waals surface area contributed by atoms with Crippen LogP contribution in [0.3, 0.4) is 0 Å². The number of hydrogen-bond donors (Lipinski definition) is 1. The van der Waals surface area contributed by atoms with Crippen molar-refractivity contribution in [2.24, 2.45) is 5.92 Å². The molecule has 1 rings (SSSR count). The average Bonchev–Trinajstić information content (AvgIpc) is 3.01. The van der Waals surface area contributed by atoms with Crippen LogP contribution in [0, 0.1) is 5.92 Å². The van der Waals surface area contributed by atoms with Crippen molar-refractivity contribution in [2.45, 2.75) is 52.5 Å². The lowest BCUT2D eigenvalue weighted by Crippen LogP contribution is -2.43. The molecule has 0 radical (unpaired) electrons. The molecular weight excluding hydrogens is 184 g/mol. The van der Waals surface area contributed by atoms with Gasteiger partial charge in [-0.25, -0.2) is 0 Å². The maximum atomic E-state index is 3.65. The predicted molar refractivity (Wildman–Crippen MR) is 67.2 cm³/mol. The highest BCUT2D eigenvalue weighted by Gasteiger charge is 2.31. The zero-order chi connectivity index (χ0) is 11.1. The van der Waals surface area contributed by atoms with Crippen molar-refractivity contribution in [3.8, 4) is 0 Å². The molecule has 90 valence electrons. The molecule has 1 N–H and O–H groups in total. The molecule has 0 aromatic rings. The highest BCUT2D eigenvalue weighted by atomic mass is 15.1. The lowest BCUT2D eigenvalue weighted by Gasteiger charge is -2.27. The summed E-state index contributed by atoms with van der Waals surface area (Å²) < 4.78 is 0. The molecule has 0 heterocycles. The Hall–Kier alpha value is -0.0800. The van der Waals surface area contributed by atoms with Crippen LogP contribution in [0.15, 0.2) is 0 Å². The van der Waals surface area contributed by atoms with Gasteiger partial charge in [-0.2, -0.15) is 0 Å². The number of hydrogen-bond acceptors (Lipinski definition) is 2. The van der Waals surface area contributed by atoms with Crippen LogP contribution >= 0.6 is 0 Å². The van der Waals surface area contributed by atoms with Crippen molar-refractivity contribution in [3.63, 3.8) is 0 Å². The summed E-state index contributed by atoms with van der Waals surface area (Å²) in [6.07, 6.45) is 5.46. The van der Waals surface area contributed by atoms with Crippen LogP contribution in [-0.4, -0.2) is 37.1 Å². The average molecular weight is 212 g/mol. The Morgan fingerprint density at radius 1 is 1.13 bits per heavy atom. The van der Waals surface area contributed by atoms with Gasteiger partial charge < -0.3 is 10.2 Å². The summed E-state index contributed by atoms with van der Waals surface area (Å²) in [5.41, 5.74) is 0. The fraction of sp³-hybridized carbons (Fsp3) is 1.00. The van der Waals surface area contributed by atoms with Gasteiger partial charge in [0, 0.05) is 12.6 Å². The molecule has 15 heavy (non-hydrogen) atoms. The predicted octanol–water partition coefficient (Wildman–Crippen LogP) is 2.50. The lowest BCUT2D eigenvalue weighted by molar-refractivity contribution is 0.232. The Labute approximate surface area is 95.4 Å².